The van der Waals surface area contributed by atoms with Gasteiger partial charge in [-0.2, -0.15) is 0 Å². The zero-order valence-electron chi connectivity index (χ0n) is 10.1. The third-order valence-electron chi connectivity index (χ3n) is 3.61. The van der Waals surface area contributed by atoms with E-state index in [0.29, 0.717) is 12.8 Å². The highest BCUT2D eigenvalue weighted by Crippen LogP contribution is 2.44. The van der Waals surface area contributed by atoms with Crippen LogP contribution < -0.4 is 5.32 Å². The number of aliphatic carboxylic acids is 1. The maximum atomic E-state index is 11.7. The molecule has 0 aromatic rings. The average molecular weight is 227 g/mol. The molecule has 0 heterocycles. The second kappa shape index (κ2) is 5.32. The standard InChI is InChI=1S/C12H21NO3/c1-3-9(4-2)13-10(14)8-12(11(15)16)6-5-7-12/h9H,3-8H2,1-2H3,(H,13,14)(H,15,16). The van der Waals surface area contributed by atoms with Crippen LogP contribution in [0.25, 0.3) is 0 Å². The van der Waals surface area contributed by atoms with Gasteiger partial charge in [-0.05, 0) is 25.7 Å². The van der Waals surface area contributed by atoms with Crippen LogP contribution in [0.1, 0.15) is 52.4 Å². The van der Waals surface area contributed by atoms with Crippen molar-refractivity contribution in [2.75, 3.05) is 0 Å². The number of amides is 1. The van der Waals surface area contributed by atoms with Crippen molar-refractivity contribution in [3.05, 3.63) is 0 Å². The third kappa shape index (κ3) is 2.74. The lowest BCUT2D eigenvalue weighted by molar-refractivity contribution is -0.157. The summed E-state index contributed by atoms with van der Waals surface area (Å²) in [6, 6.07) is 0.179. The van der Waals surface area contributed by atoms with Crippen LogP contribution in [0.5, 0.6) is 0 Å². The molecule has 16 heavy (non-hydrogen) atoms. The summed E-state index contributed by atoms with van der Waals surface area (Å²) in [5.74, 6) is -0.936. The second-order valence-electron chi connectivity index (χ2n) is 4.70. The van der Waals surface area contributed by atoms with Gasteiger partial charge in [0.2, 0.25) is 5.91 Å². The molecule has 1 aliphatic rings. The van der Waals surface area contributed by atoms with Crippen LogP contribution >= 0.6 is 0 Å². The Kier molecular flexibility index (Phi) is 4.33. The van der Waals surface area contributed by atoms with E-state index in [9.17, 15) is 9.59 Å². The number of hydrogen-bond acceptors (Lipinski definition) is 2. The fourth-order valence-corrected chi connectivity index (χ4v) is 2.15. The van der Waals surface area contributed by atoms with Crippen molar-refractivity contribution in [3.63, 3.8) is 0 Å². The number of rotatable bonds is 6. The molecule has 2 N–H and O–H groups in total. The van der Waals surface area contributed by atoms with Crippen LogP contribution in [0, 0.1) is 5.41 Å². The molecule has 1 aliphatic carbocycles. The van der Waals surface area contributed by atoms with Crippen LogP contribution in [0.2, 0.25) is 0 Å². The molecule has 0 saturated heterocycles. The van der Waals surface area contributed by atoms with Crippen molar-refractivity contribution >= 4 is 11.9 Å². The Hall–Kier alpha value is -1.06. The Labute approximate surface area is 96.4 Å². The number of carboxylic acid groups (broad SMARTS) is 1. The Balaban J connectivity index is 2.47. The molecule has 4 nitrogen and oxygen atoms in total. The predicted molar refractivity (Wildman–Crippen MR) is 61.0 cm³/mol. The summed E-state index contributed by atoms with van der Waals surface area (Å²) in [7, 11) is 0. The molecular weight excluding hydrogens is 206 g/mol. The highest BCUT2D eigenvalue weighted by Gasteiger charge is 2.45. The van der Waals surface area contributed by atoms with Gasteiger partial charge in [0.25, 0.3) is 0 Å². The van der Waals surface area contributed by atoms with Crippen LogP contribution in [0.4, 0.5) is 0 Å². The molecule has 0 aromatic carbocycles. The monoisotopic (exact) mass is 227 g/mol. The first-order valence-corrected chi connectivity index (χ1v) is 6.07. The van der Waals surface area contributed by atoms with Gasteiger partial charge < -0.3 is 10.4 Å². The summed E-state index contributed by atoms with van der Waals surface area (Å²) in [6.45, 7) is 4.04. The number of carboxylic acids is 1. The van der Waals surface area contributed by atoms with Crippen molar-refractivity contribution in [2.45, 2.75) is 58.4 Å². The van der Waals surface area contributed by atoms with Crippen LogP contribution in [0.15, 0.2) is 0 Å². The van der Waals surface area contributed by atoms with E-state index in [4.69, 9.17) is 5.11 Å². The first-order valence-electron chi connectivity index (χ1n) is 6.07. The van der Waals surface area contributed by atoms with Gasteiger partial charge in [-0.3, -0.25) is 9.59 Å². The summed E-state index contributed by atoms with van der Waals surface area (Å²) in [6.07, 6.45) is 4.12. The van der Waals surface area contributed by atoms with Gasteiger partial charge in [0.05, 0.1) is 5.41 Å². The maximum absolute atomic E-state index is 11.7. The lowest BCUT2D eigenvalue weighted by atomic mass is 9.66. The van der Waals surface area contributed by atoms with Crippen molar-refractivity contribution in [1.29, 1.82) is 0 Å². The lowest BCUT2D eigenvalue weighted by Crippen LogP contribution is -2.44. The molecule has 0 radical (unpaired) electrons. The number of nitrogens with one attached hydrogen (secondary N) is 1. The Morgan fingerprint density at radius 1 is 1.31 bits per heavy atom. The molecule has 4 heteroatoms. The van der Waals surface area contributed by atoms with Crippen LogP contribution in [-0.4, -0.2) is 23.0 Å². The van der Waals surface area contributed by atoms with E-state index in [-0.39, 0.29) is 18.4 Å². The number of hydrogen-bond donors (Lipinski definition) is 2. The highest BCUT2D eigenvalue weighted by atomic mass is 16.4. The molecule has 1 fully saturated rings. The predicted octanol–water partition coefficient (Wildman–Crippen LogP) is 1.94. The summed E-state index contributed by atoms with van der Waals surface area (Å²) in [5.41, 5.74) is -0.768. The van der Waals surface area contributed by atoms with Crippen molar-refractivity contribution in [3.8, 4) is 0 Å². The minimum atomic E-state index is -0.821. The Bertz CT molecular complexity index is 267. The lowest BCUT2D eigenvalue weighted by Gasteiger charge is -2.37. The molecule has 0 spiro atoms. The van der Waals surface area contributed by atoms with Gasteiger partial charge >= 0.3 is 5.97 Å². The van der Waals surface area contributed by atoms with Gasteiger partial charge in [0, 0.05) is 12.5 Å². The topological polar surface area (TPSA) is 66.4 Å². The van der Waals surface area contributed by atoms with Gasteiger partial charge in [0.15, 0.2) is 0 Å². The van der Waals surface area contributed by atoms with Gasteiger partial charge in [-0.15, -0.1) is 0 Å². The smallest absolute Gasteiger partial charge is 0.310 e. The summed E-state index contributed by atoms with van der Waals surface area (Å²) in [4.78, 5) is 22.8. The molecule has 0 atom stereocenters. The number of carbonyl (C=O) groups excluding carboxylic acids is 1. The molecule has 0 aromatic heterocycles. The molecule has 1 saturated carbocycles. The van der Waals surface area contributed by atoms with E-state index < -0.39 is 11.4 Å². The van der Waals surface area contributed by atoms with Crippen LogP contribution in [0.3, 0.4) is 0 Å². The molecule has 0 aliphatic heterocycles. The molecule has 1 amide bonds. The average Bonchev–Trinajstić information content (AvgIpc) is 2.19. The minimum absolute atomic E-state index is 0.115. The minimum Gasteiger partial charge on any atom is -0.481 e. The molecular formula is C12H21NO3. The SMILES string of the molecule is CCC(CC)NC(=O)CC1(C(=O)O)CCC1. The van der Waals surface area contributed by atoms with E-state index in [1.165, 1.54) is 0 Å². The Morgan fingerprint density at radius 3 is 2.19 bits per heavy atom. The van der Waals surface area contributed by atoms with E-state index in [1.807, 2.05) is 13.8 Å². The first-order chi connectivity index (χ1) is 7.54. The quantitative estimate of drug-likeness (QED) is 0.728. The molecule has 92 valence electrons. The summed E-state index contributed by atoms with van der Waals surface area (Å²) >= 11 is 0. The largest absolute Gasteiger partial charge is 0.481 e. The normalized spacial score (nSPS) is 17.9. The second-order valence-corrected chi connectivity index (χ2v) is 4.70. The van der Waals surface area contributed by atoms with Crippen molar-refractivity contribution < 1.29 is 14.7 Å². The zero-order chi connectivity index (χ0) is 12.2. The van der Waals surface area contributed by atoms with E-state index >= 15 is 0 Å². The van der Waals surface area contributed by atoms with Crippen molar-refractivity contribution in [2.24, 2.45) is 5.41 Å². The van der Waals surface area contributed by atoms with Gasteiger partial charge in [-0.25, -0.2) is 0 Å². The first kappa shape index (κ1) is 13.0. The highest BCUT2D eigenvalue weighted by molar-refractivity contribution is 5.85. The maximum Gasteiger partial charge on any atom is 0.310 e. The van der Waals surface area contributed by atoms with E-state index in [0.717, 1.165) is 19.3 Å². The summed E-state index contributed by atoms with van der Waals surface area (Å²) < 4.78 is 0. The van der Waals surface area contributed by atoms with Gasteiger partial charge in [-0.1, -0.05) is 20.3 Å². The molecule has 0 bridgehead atoms. The number of carbonyl (C=O) groups is 2. The third-order valence-corrected chi connectivity index (χ3v) is 3.61. The molecule has 0 unspecified atom stereocenters. The van der Waals surface area contributed by atoms with E-state index in [1.54, 1.807) is 0 Å². The fourth-order valence-electron chi connectivity index (χ4n) is 2.15. The van der Waals surface area contributed by atoms with Gasteiger partial charge in [0.1, 0.15) is 0 Å². The summed E-state index contributed by atoms with van der Waals surface area (Å²) in [5, 5.41) is 12.0. The van der Waals surface area contributed by atoms with Crippen molar-refractivity contribution in [1.82, 2.24) is 5.32 Å². The molecule has 1 rings (SSSR count). The van der Waals surface area contributed by atoms with Crippen LogP contribution in [-0.2, 0) is 9.59 Å². The zero-order valence-corrected chi connectivity index (χ0v) is 10.1. The Morgan fingerprint density at radius 2 is 1.88 bits per heavy atom. The fraction of sp³-hybridized carbons (Fsp3) is 0.833. The van der Waals surface area contributed by atoms with E-state index in [2.05, 4.69) is 5.32 Å².